The molecule has 0 amide bonds. The highest BCUT2D eigenvalue weighted by atomic mass is 35.5. The average molecular weight is 272 g/mol. The summed E-state index contributed by atoms with van der Waals surface area (Å²) in [5.74, 6) is 6.22. The molecule has 0 saturated carbocycles. The van der Waals surface area contributed by atoms with Gasteiger partial charge in [-0.2, -0.15) is 4.98 Å². The van der Waals surface area contributed by atoms with Gasteiger partial charge in [0, 0.05) is 19.8 Å². The third-order valence-electron chi connectivity index (χ3n) is 3.26. The second-order valence-electron chi connectivity index (χ2n) is 4.81. The zero-order valence-electron chi connectivity index (χ0n) is 10.4. The number of hydrogen-bond donors (Lipinski definition) is 3. The van der Waals surface area contributed by atoms with Crippen LogP contribution in [0.4, 0.5) is 11.8 Å². The minimum Gasteiger partial charge on any atom is -0.381 e. The maximum atomic E-state index is 6.04. The first-order valence-corrected chi connectivity index (χ1v) is 6.31. The molecule has 7 heteroatoms. The number of ether oxygens (including phenoxy) is 1. The summed E-state index contributed by atoms with van der Waals surface area (Å²) in [7, 11) is 0. The highest BCUT2D eigenvalue weighted by Crippen LogP contribution is 2.30. The van der Waals surface area contributed by atoms with Gasteiger partial charge in [0.2, 0.25) is 5.95 Å². The molecule has 1 aliphatic heterocycles. The van der Waals surface area contributed by atoms with Gasteiger partial charge in [-0.05, 0) is 18.3 Å². The molecule has 1 saturated heterocycles. The lowest BCUT2D eigenvalue weighted by molar-refractivity contribution is 0.0300. The van der Waals surface area contributed by atoms with E-state index in [1.54, 1.807) is 0 Å². The number of aromatic nitrogens is 2. The van der Waals surface area contributed by atoms with Gasteiger partial charge in [-0.1, -0.05) is 18.5 Å². The summed E-state index contributed by atoms with van der Waals surface area (Å²) in [6.07, 6.45) is 3.59. The molecule has 6 nitrogen and oxygen atoms in total. The molecule has 0 radical (unpaired) electrons. The minimum absolute atomic E-state index is 0.211. The average Bonchev–Trinajstić information content (AvgIpc) is 2.39. The molecule has 1 aromatic rings. The Labute approximate surface area is 111 Å². The van der Waals surface area contributed by atoms with Gasteiger partial charge in [-0.15, -0.1) is 0 Å². The van der Waals surface area contributed by atoms with Gasteiger partial charge in [0.15, 0.2) is 5.82 Å². The predicted molar refractivity (Wildman–Crippen MR) is 71.5 cm³/mol. The van der Waals surface area contributed by atoms with Gasteiger partial charge in [-0.25, -0.2) is 10.8 Å². The van der Waals surface area contributed by atoms with E-state index in [1.807, 2.05) is 0 Å². The van der Waals surface area contributed by atoms with Crippen LogP contribution in [0, 0.1) is 5.41 Å². The molecule has 0 bridgehead atoms. The number of hydrogen-bond acceptors (Lipinski definition) is 6. The third-order valence-corrected chi connectivity index (χ3v) is 3.53. The molecule has 0 atom stereocenters. The number of anilines is 2. The Morgan fingerprint density at radius 3 is 2.89 bits per heavy atom. The normalized spacial score (nSPS) is 18.4. The van der Waals surface area contributed by atoms with E-state index in [2.05, 4.69) is 27.6 Å². The fourth-order valence-electron chi connectivity index (χ4n) is 1.90. The number of nitrogens with two attached hydrogens (primary N) is 1. The molecule has 0 unspecified atom stereocenters. The number of nitrogens with zero attached hydrogens (tertiary/aromatic N) is 2. The van der Waals surface area contributed by atoms with Crippen molar-refractivity contribution in [1.82, 2.24) is 9.97 Å². The zero-order chi connectivity index (χ0) is 13.0. The number of hydrazine groups is 1. The Hall–Kier alpha value is -1.11. The lowest BCUT2D eigenvalue weighted by Crippen LogP contribution is -2.33. The molecular weight excluding hydrogens is 254 g/mol. The van der Waals surface area contributed by atoms with Crippen LogP contribution in [0.5, 0.6) is 0 Å². The number of halogens is 1. The largest absolute Gasteiger partial charge is 0.381 e. The first kappa shape index (κ1) is 13.3. The van der Waals surface area contributed by atoms with Crippen LogP contribution in [0.25, 0.3) is 0 Å². The zero-order valence-corrected chi connectivity index (χ0v) is 11.1. The Morgan fingerprint density at radius 1 is 1.50 bits per heavy atom. The van der Waals surface area contributed by atoms with Crippen molar-refractivity contribution < 1.29 is 4.74 Å². The van der Waals surface area contributed by atoms with Crippen LogP contribution in [0.3, 0.4) is 0 Å². The van der Waals surface area contributed by atoms with Crippen molar-refractivity contribution in [2.45, 2.75) is 19.8 Å². The maximum absolute atomic E-state index is 6.04. The fourth-order valence-corrected chi connectivity index (χ4v) is 2.06. The van der Waals surface area contributed by atoms with Crippen LogP contribution < -0.4 is 16.6 Å². The van der Waals surface area contributed by atoms with E-state index in [-0.39, 0.29) is 5.41 Å². The maximum Gasteiger partial charge on any atom is 0.239 e. The number of nitrogens with one attached hydrogen (secondary N) is 2. The molecule has 4 N–H and O–H groups in total. The summed E-state index contributed by atoms with van der Waals surface area (Å²) < 4.78 is 5.37. The standard InChI is InChI=1S/C11H18ClN5O/c1-11(2-4-18-5-3-11)7-15-9-8(12)6-14-10(16-9)17-13/h6H,2-5,7,13H2,1H3,(H2,14,15,16,17). The molecular formula is C11H18ClN5O. The van der Waals surface area contributed by atoms with E-state index < -0.39 is 0 Å². The summed E-state index contributed by atoms with van der Waals surface area (Å²) in [5, 5.41) is 3.75. The molecule has 1 fully saturated rings. The van der Waals surface area contributed by atoms with Gasteiger partial charge >= 0.3 is 0 Å². The number of nitrogen functional groups attached to an aromatic ring is 1. The van der Waals surface area contributed by atoms with E-state index in [0.717, 1.165) is 32.6 Å². The van der Waals surface area contributed by atoms with Crippen LogP contribution in [0.2, 0.25) is 5.02 Å². The van der Waals surface area contributed by atoms with Gasteiger partial charge in [0.1, 0.15) is 5.02 Å². The summed E-state index contributed by atoms with van der Waals surface area (Å²) in [6.45, 7) is 4.66. The lowest BCUT2D eigenvalue weighted by Gasteiger charge is -2.33. The molecule has 100 valence electrons. The van der Waals surface area contributed by atoms with Crippen LogP contribution in [-0.4, -0.2) is 29.7 Å². The van der Waals surface area contributed by atoms with Crippen molar-refractivity contribution in [2.75, 3.05) is 30.5 Å². The molecule has 2 rings (SSSR count). The Balaban J connectivity index is 2.00. The molecule has 0 aromatic carbocycles. The van der Waals surface area contributed by atoms with Crippen LogP contribution in [0.15, 0.2) is 6.20 Å². The first-order chi connectivity index (χ1) is 8.63. The third kappa shape index (κ3) is 3.22. The summed E-state index contributed by atoms with van der Waals surface area (Å²) in [4.78, 5) is 8.12. The highest BCUT2D eigenvalue weighted by molar-refractivity contribution is 6.32. The van der Waals surface area contributed by atoms with E-state index in [4.69, 9.17) is 22.2 Å². The van der Waals surface area contributed by atoms with Gasteiger partial charge < -0.3 is 10.1 Å². The molecule has 0 spiro atoms. The summed E-state index contributed by atoms with van der Waals surface area (Å²) >= 11 is 6.04. The van der Waals surface area contributed by atoms with Crippen molar-refractivity contribution in [1.29, 1.82) is 0 Å². The van der Waals surface area contributed by atoms with Crippen molar-refractivity contribution in [3.05, 3.63) is 11.2 Å². The van der Waals surface area contributed by atoms with Gasteiger partial charge in [-0.3, -0.25) is 5.43 Å². The van der Waals surface area contributed by atoms with E-state index in [0.29, 0.717) is 16.8 Å². The molecule has 1 aromatic heterocycles. The van der Waals surface area contributed by atoms with Crippen LogP contribution >= 0.6 is 11.6 Å². The molecule has 18 heavy (non-hydrogen) atoms. The van der Waals surface area contributed by atoms with E-state index >= 15 is 0 Å². The fraction of sp³-hybridized carbons (Fsp3) is 0.636. The van der Waals surface area contributed by atoms with Crippen LogP contribution in [-0.2, 0) is 4.74 Å². The first-order valence-electron chi connectivity index (χ1n) is 5.94. The van der Waals surface area contributed by atoms with Gasteiger partial charge in [0.05, 0.1) is 6.20 Å². The second-order valence-corrected chi connectivity index (χ2v) is 5.22. The highest BCUT2D eigenvalue weighted by Gasteiger charge is 2.27. The molecule has 2 heterocycles. The van der Waals surface area contributed by atoms with E-state index in [1.165, 1.54) is 6.20 Å². The summed E-state index contributed by atoms with van der Waals surface area (Å²) in [6, 6.07) is 0. The Kier molecular flexibility index (Phi) is 4.21. The Morgan fingerprint density at radius 2 is 2.22 bits per heavy atom. The monoisotopic (exact) mass is 271 g/mol. The summed E-state index contributed by atoms with van der Waals surface area (Å²) in [5.41, 5.74) is 2.61. The van der Waals surface area contributed by atoms with Crippen molar-refractivity contribution >= 4 is 23.4 Å². The second kappa shape index (κ2) is 5.69. The Bertz CT molecular complexity index is 408. The molecule has 1 aliphatic rings. The van der Waals surface area contributed by atoms with E-state index in [9.17, 15) is 0 Å². The lowest BCUT2D eigenvalue weighted by atomic mass is 9.82. The smallest absolute Gasteiger partial charge is 0.239 e. The van der Waals surface area contributed by atoms with Crippen molar-refractivity contribution in [3.8, 4) is 0 Å². The van der Waals surface area contributed by atoms with Crippen molar-refractivity contribution in [3.63, 3.8) is 0 Å². The van der Waals surface area contributed by atoms with Crippen LogP contribution in [0.1, 0.15) is 19.8 Å². The minimum atomic E-state index is 0.211. The SMILES string of the molecule is CC1(CNc2nc(NN)ncc2Cl)CCOCC1. The molecule has 0 aliphatic carbocycles. The van der Waals surface area contributed by atoms with Crippen molar-refractivity contribution in [2.24, 2.45) is 11.3 Å². The quantitative estimate of drug-likeness (QED) is 0.570. The topological polar surface area (TPSA) is 85.1 Å². The predicted octanol–water partition coefficient (Wildman–Crippen LogP) is 1.64. The number of rotatable bonds is 4. The van der Waals surface area contributed by atoms with Gasteiger partial charge in [0.25, 0.3) is 0 Å².